The van der Waals surface area contributed by atoms with E-state index in [0.717, 1.165) is 17.1 Å². The fraction of sp³-hybridized carbons (Fsp3) is 0.0345. The van der Waals surface area contributed by atoms with Crippen molar-refractivity contribution in [3.05, 3.63) is 240 Å². The molecule has 2 aliphatic rings. The third-order valence-corrected chi connectivity index (χ3v) is 13.4. The summed E-state index contributed by atoms with van der Waals surface area (Å²) in [5.74, 6) is 0. The van der Waals surface area contributed by atoms with E-state index in [-0.39, 0.29) is 0 Å². The van der Waals surface area contributed by atoms with Crippen molar-refractivity contribution in [2.24, 2.45) is 0 Å². The van der Waals surface area contributed by atoms with E-state index < -0.39 is 5.41 Å². The summed E-state index contributed by atoms with van der Waals surface area (Å²) in [6.07, 6.45) is 0. The quantitative estimate of drug-likeness (QED) is 0.173. The van der Waals surface area contributed by atoms with Gasteiger partial charge in [-0.15, -0.1) is 0 Å². The summed E-state index contributed by atoms with van der Waals surface area (Å²) in [7, 11) is 0. The molecule has 0 amide bonds. The van der Waals surface area contributed by atoms with Gasteiger partial charge in [-0.2, -0.15) is 0 Å². The molecule has 0 radical (unpaired) electrons. The van der Waals surface area contributed by atoms with Gasteiger partial charge in [0.25, 0.3) is 0 Å². The highest BCUT2D eigenvalue weighted by Crippen LogP contribution is 2.65. The maximum Gasteiger partial charge on any atom is 0.0727 e. The normalized spacial score (nSPS) is 13.2. The Balaban J connectivity index is 1.17. The van der Waals surface area contributed by atoms with Crippen LogP contribution in [0.1, 0.15) is 27.8 Å². The Hall–Kier alpha value is -7.68. The van der Waals surface area contributed by atoms with Crippen LogP contribution in [0.5, 0.6) is 0 Å². The molecule has 1 aromatic heterocycles. The van der Waals surface area contributed by atoms with Crippen LogP contribution in [0.15, 0.2) is 212 Å². The van der Waals surface area contributed by atoms with E-state index in [1.807, 2.05) is 0 Å². The predicted molar refractivity (Wildman–Crippen MR) is 252 cm³/mol. The number of anilines is 3. The van der Waals surface area contributed by atoms with Gasteiger partial charge in [-0.3, -0.25) is 0 Å². The lowest BCUT2D eigenvalue weighted by molar-refractivity contribution is 0.793. The number of hydrogen-bond donors (Lipinski definition) is 0. The van der Waals surface area contributed by atoms with E-state index in [1.165, 1.54) is 99.1 Å². The molecule has 1 heterocycles. The van der Waals surface area contributed by atoms with E-state index in [4.69, 9.17) is 0 Å². The van der Waals surface area contributed by atoms with Gasteiger partial charge in [-0.25, -0.2) is 0 Å². The number of rotatable bonds is 4. The van der Waals surface area contributed by atoms with E-state index in [2.05, 4.69) is 229 Å². The summed E-state index contributed by atoms with van der Waals surface area (Å²) in [4.78, 5) is 2.47. The minimum Gasteiger partial charge on any atom is -0.310 e. The first-order valence-corrected chi connectivity index (χ1v) is 20.9. The van der Waals surface area contributed by atoms with Crippen LogP contribution in [0.25, 0.3) is 71.3 Å². The fourth-order valence-electron chi connectivity index (χ4n) is 11.0. The van der Waals surface area contributed by atoms with Gasteiger partial charge in [0.2, 0.25) is 0 Å². The fourth-order valence-corrected chi connectivity index (χ4v) is 11.0. The Kier molecular flexibility index (Phi) is 6.89. The van der Waals surface area contributed by atoms with Crippen molar-refractivity contribution in [1.82, 2.24) is 4.57 Å². The largest absolute Gasteiger partial charge is 0.310 e. The second-order valence-electron chi connectivity index (χ2n) is 16.5. The van der Waals surface area contributed by atoms with Crippen molar-refractivity contribution >= 4 is 60.4 Å². The summed E-state index contributed by atoms with van der Waals surface area (Å²) < 4.78 is 2.52. The molecule has 60 heavy (non-hydrogen) atoms. The van der Waals surface area contributed by atoms with E-state index in [9.17, 15) is 0 Å². The summed E-state index contributed by atoms with van der Waals surface area (Å²) in [5, 5.41) is 7.48. The molecule has 0 bridgehead atoms. The highest BCUT2D eigenvalue weighted by molar-refractivity contribution is 6.14. The van der Waals surface area contributed by atoms with Gasteiger partial charge in [-0.1, -0.05) is 169 Å². The zero-order valence-electron chi connectivity index (χ0n) is 33.1. The molecule has 11 aromatic rings. The molecule has 13 rings (SSSR count). The molecule has 0 fully saturated rings. The molecule has 0 atom stereocenters. The highest BCUT2D eigenvalue weighted by Gasteiger charge is 2.52. The number of benzene rings is 10. The molecule has 0 saturated heterocycles. The number of fused-ring (bicyclic) bond motifs is 16. The Bertz CT molecular complexity index is 3470. The van der Waals surface area contributed by atoms with Crippen molar-refractivity contribution in [1.29, 1.82) is 0 Å². The summed E-state index contributed by atoms with van der Waals surface area (Å²) in [6.45, 7) is 2.16. The topological polar surface area (TPSA) is 8.17 Å². The SMILES string of the molecule is Cc1ccc(N(c2ccc3c(c2)C2(c4ccccc4-c4ccccc42)c2cc(-n4c5ccccc5c5ccccc54)c4ccccc4c2-3)c2cccc3ccccc23)cc1. The molecule has 2 heteroatoms. The summed E-state index contributed by atoms with van der Waals surface area (Å²) in [6, 6.07) is 79.4. The molecular weight excluding hydrogens is 725 g/mol. The van der Waals surface area contributed by atoms with Gasteiger partial charge < -0.3 is 9.47 Å². The molecule has 1 spiro atoms. The van der Waals surface area contributed by atoms with Gasteiger partial charge in [0.05, 0.1) is 27.8 Å². The first-order chi connectivity index (χ1) is 29.7. The lowest BCUT2D eigenvalue weighted by Gasteiger charge is -2.33. The van der Waals surface area contributed by atoms with Gasteiger partial charge >= 0.3 is 0 Å². The molecule has 2 aliphatic carbocycles. The number of para-hydroxylation sites is 2. The number of aromatic nitrogens is 1. The zero-order valence-corrected chi connectivity index (χ0v) is 33.1. The van der Waals surface area contributed by atoms with Gasteiger partial charge in [0, 0.05) is 32.9 Å². The summed E-state index contributed by atoms with van der Waals surface area (Å²) >= 11 is 0. The standard InChI is InChI=1S/C58H38N2/c1-37-29-31-39(32-30-37)59(53-28-14-16-38-15-2-3-17-41(38)53)40-33-34-48-51(35-40)58(49-24-10-6-18-42(49)43-19-7-11-25-50(43)58)52-36-56(46-22-4-5-23-47(46)57(48)52)60-54-26-12-8-20-44(54)45-21-9-13-27-55(45)60/h2-36H,1H3. The van der Waals surface area contributed by atoms with Crippen molar-refractivity contribution in [3.63, 3.8) is 0 Å². The molecule has 0 aliphatic heterocycles. The predicted octanol–water partition coefficient (Wildman–Crippen LogP) is 15.2. The van der Waals surface area contributed by atoms with Crippen LogP contribution >= 0.6 is 0 Å². The zero-order chi connectivity index (χ0) is 39.5. The van der Waals surface area contributed by atoms with Gasteiger partial charge in [0.1, 0.15) is 0 Å². The minimum absolute atomic E-state index is 0.566. The van der Waals surface area contributed by atoms with Crippen LogP contribution in [-0.4, -0.2) is 4.57 Å². The first kappa shape index (κ1) is 33.3. The molecular formula is C58H38N2. The van der Waals surface area contributed by atoms with E-state index >= 15 is 0 Å². The van der Waals surface area contributed by atoms with Crippen molar-refractivity contribution in [2.45, 2.75) is 12.3 Å². The number of nitrogens with zero attached hydrogens (tertiary/aromatic N) is 2. The Labute approximate surface area is 348 Å². The third-order valence-electron chi connectivity index (χ3n) is 13.4. The molecule has 0 saturated carbocycles. The van der Waals surface area contributed by atoms with E-state index in [1.54, 1.807) is 0 Å². The second-order valence-corrected chi connectivity index (χ2v) is 16.5. The van der Waals surface area contributed by atoms with Crippen LogP contribution in [-0.2, 0) is 5.41 Å². The van der Waals surface area contributed by atoms with Crippen molar-refractivity contribution in [2.75, 3.05) is 4.90 Å². The maximum absolute atomic E-state index is 2.55. The average Bonchev–Trinajstić information content (AvgIpc) is 3.91. The van der Waals surface area contributed by atoms with Crippen LogP contribution < -0.4 is 4.90 Å². The summed E-state index contributed by atoms with van der Waals surface area (Å²) in [5.41, 5.74) is 18.2. The first-order valence-electron chi connectivity index (χ1n) is 20.9. The van der Waals surface area contributed by atoms with Crippen molar-refractivity contribution < 1.29 is 0 Å². The number of aryl methyl sites for hydroxylation is 1. The lowest BCUT2D eigenvalue weighted by atomic mass is 9.70. The Morgan fingerprint density at radius 3 is 1.63 bits per heavy atom. The van der Waals surface area contributed by atoms with Crippen LogP contribution in [0.2, 0.25) is 0 Å². The smallest absolute Gasteiger partial charge is 0.0727 e. The van der Waals surface area contributed by atoms with Gasteiger partial charge in [-0.05, 0) is 111 Å². The number of hydrogen-bond acceptors (Lipinski definition) is 1. The highest BCUT2D eigenvalue weighted by atomic mass is 15.1. The molecule has 2 nitrogen and oxygen atoms in total. The monoisotopic (exact) mass is 762 g/mol. The molecule has 280 valence electrons. The second kappa shape index (κ2) is 12.4. The van der Waals surface area contributed by atoms with Gasteiger partial charge in [0.15, 0.2) is 0 Å². The third kappa shape index (κ3) is 4.37. The van der Waals surface area contributed by atoms with Crippen LogP contribution in [0.3, 0.4) is 0 Å². The van der Waals surface area contributed by atoms with E-state index in [0.29, 0.717) is 0 Å². The van der Waals surface area contributed by atoms with Crippen molar-refractivity contribution in [3.8, 4) is 27.9 Å². The Morgan fingerprint density at radius 1 is 0.383 bits per heavy atom. The average molecular weight is 763 g/mol. The van der Waals surface area contributed by atoms with Crippen LogP contribution in [0.4, 0.5) is 17.1 Å². The minimum atomic E-state index is -0.566. The molecule has 10 aromatic carbocycles. The Morgan fingerprint density at radius 2 is 0.933 bits per heavy atom. The lowest BCUT2D eigenvalue weighted by Crippen LogP contribution is -2.26. The molecule has 0 unspecified atom stereocenters. The molecule has 0 N–H and O–H groups in total. The maximum atomic E-state index is 2.55. The van der Waals surface area contributed by atoms with Crippen LogP contribution in [0, 0.1) is 6.92 Å².